The van der Waals surface area contributed by atoms with Crippen molar-refractivity contribution in [2.24, 2.45) is 0 Å². The van der Waals surface area contributed by atoms with Crippen LogP contribution in [-0.4, -0.2) is 29.1 Å². The molecule has 0 bridgehead atoms. The van der Waals surface area contributed by atoms with Crippen molar-refractivity contribution in [3.63, 3.8) is 0 Å². The number of carbonyl (C=O) groups is 2. The summed E-state index contributed by atoms with van der Waals surface area (Å²) in [6, 6.07) is 15.3. The normalized spacial score (nSPS) is 14.1. The lowest BCUT2D eigenvalue weighted by Gasteiger charge is -2.16. The quantitative estimate of drug-likeness (QED) is 0.663. The van der Waals surface area contributed by atoms with Gasteiger partial charge >= 0.3 is 0 Å². The Morgan fingerprint density at radius 2 is 2.00 bits per heavy atom. The first-order valence-electron chi connectivity index (χ1n) is 8.83. The number of nitrogens with zero attached hydrogens (tertiary/aromatic N) is 2. The minimum Gasteiger partial charge on any atom is -0.431 e. The number of amides is 2. The van der Waals surface area contributed by atoms with E-state index in [0.29, 0.717) is 18.2 Å². The number of para-hydroxylation sites is 2. The summed E-state index contributed by atoms with van der Waals surface area (Å²) in [5.41, 5.74) is 3.42. The molecule has 3 aromatic rings. The summed E-state index contributed by atoms with van der Waals surface area (Å²) in [5, 5.41) is 3.38. The van der Waals surface area contributed by atoms with Gasteiger partial charge in [-0.1, -0.05) is 36.0 Å². The molecule has 7 heteroatoms. The van der Waals surface area contributed by atoms with Gasteiger partial charge in [0.2, 0.25) is 11.8 Å². The molecule has 1 fully saturated rings. The van der Waals surface area contributed by atoms with Gasteiger partial charge in [-0.25, -0.2) is 4.98 Å². The van der Waals surface area contributed by atoms with E-state index in [1.165, 1.54) is 11.8 Å². The van der Waals surface area contributed by atoms with Crippen molar-refractivity contribution in [3.8, 4) is 0 Å². The maximum atomic E-state index is 12.1. The number of carbonyl (C=O) groups excluding carboxylic acids is 2. The van der Waals surface area contributed by atoms with Gasteiger partial charge in [-0.2, -0.15) is 0 Å². The maximum absolute atomic E-state index is 12.1. The van der Waals surface area contributed by atoms with Gasteiger partial charge in [-0.05, 0) is 36.2 Å². The molecule has 0 radical (unpaired) electrons. The van der Waals surface area contributed by atoms with Crippen LogP contribution in [0.25, 0.3) is 11.1 Å². The van der Waals surface area contributed by atoms with Gasteiger partial charge in [0.05, 0.1) is 5.75 Å². The first-order valence-corrected chi connectivity index (χ1v) is 9.82. The molecular formula is C20H19N3O3S. The molecule has 0 aliphatic carbocycles. The second kappa shape index (κ2) is 7.84. The van der Waals surface area contributed by atoms with Gasteiger partial charge < -0.3 is 14.6 Å². The second-order valence-electron chi connectivity index (χ2n) is 6.33. The van der Waals surface area contributed by atoms with E-state index in [2.05, 4.69) is 10.3 Å². The van der Waals surface area contributed by atoms with Crippen LogP contribution in [0.5, 0.6) is 0 Å². The number of hydrogen-bond donors (Lipinski definition) is 1. The van der Waals surface area contributed by atoms with Crippen LogP contribution in [0.4, 0.5) is 5.69 Å². The molecule has 1 aliphatic rings. The Kier molecular flexibility index (Phi) is 5.11. The van der Waals surface area contributed by atoms with Crippen molar-refractivity contribution in [1.82, 2.24) is 10.3 Å². The third kappa shape index (κ3) is 4.14. The molecule has 0 saturated carbocycles. The number of hydrogen-bond acceptors (Lipinski definition) is 5. The average Bonchev–Trinajstić information content (AvgIpc) is 3.30. The van der Waals surface area contributed by atoms with Gasteiger partial charge in [-0.15, -0.1) is 0 Å². The summed E-state index contributed by atoms with van der Waals surface area (Å²) in [4.78, 5) is 30.0. The van der Waals surface area contributed by atoms with Crippen molar-refractivity contribution < 1.29 is 14.0 Å². The fraction of sp³-hybridized carbons (Fsp3) is 0.250. The van der Waals surface area contributed by atoms with Crippen LogP contribution < -0.4 is 10.2 Å². The van der Waals surface area contributed by atoms with E-state index in [1.54, 1.807) is 4.90 Å². The summed E-state index contributed by atoms with van der Waals surface area (Å²) in [6.45, 7) is 1.23. The monoisotopic (exact) mass is 381 g/mol. The Balaban J connectivity index is 1.27. The van der Waals surface area contributed by atoms with E-state index in [4.69, 9.17) is 4.42 Å². The lowest BCUT2D eigenvalue weighted by atomic mass is 10.2. The lowest BCUT2D eigenvalue weighted by Crippen LogP contribution is -2.25. The molecule has 2 amide bonds. The van der Waals surface area contributed by atoms with Gasteiger partial charge in [0, 0.05) is 25.2 Å². The van der Waals surface area contributed by atoms with Crippen LogP contribution >= 0.6 is 11.8 Å². The van der Waals surface area contributed by atoms with Crippen LogP contribution in [0, 0.1) is 0 Å². The topological polar surface area (TPSA) is 75.4 Å². The van der Waals surface area contributed by atoms with Crippen molar-refractivity contribution in [2.45, 2.75) is 24.6 Å². The number of anilines is 1. The summed E-state index contributed by atoms with van der Waals surface area (Å²) < 4.78 is 5.59. The van der Waals surface area contributed by atoms with E-state index < -0.39 is 0 Å². The van der Waals surface area contributed by atoms with Crippen LogP contribution in [0.15, 0.2) is 58.2 Å². The number of aromatic nitrogens is 1. The third-order valence-electron chi connectivity index (χ3n) is 4.41. The smallest absolute Gasteiger partial charge is 0.257 e. The molecule has 27 heavy (non-hydrogen) atoms. The van der Waals surface area contributed by atoms with Gasteiger partial charge in [0.25, 0.3) is 5.22 Å². The van der Waals surface area contributed by atoms with Crippen molar-refractivity contribution in [1.29, 1.82) is 0 Å². The molecule has 1 N–H and O–H groups in total. The first kappa shape index (κ1) is 17.6. The first-order chi connectivity index (χ1) is 13.2. The van der Waals surface area contributed by atoms with Gasteiger partial charge in [0.15, 0.2) is 5.58 Å². The fourth-order valence-electron chi connectivity index (χ4n) is 3.01. The molecule has 2 aromatic carbocycles. The van der Waals surface area contributed by atoms with E-state index in [9.17, 15) is 9.59 Å². The highest BCUT2D eigenvalue weighted by Gasteiger charge is 2.21. The van der Waals surface area contributed by atoms with Gasteiger partial charge in [-0.3, -0.25) is 9.59 Å². The standard InChI is InChI=1S/C20H19N3O3S/c24-18(13-27-20-22-16-4-1-2-5-17(16)26-20)21-12-14-7-9-15(10-8-14)23-11-3-6-19(23)25/h1-2,4-5,7-10H,3,6,11-13H2,(H,21,24). The number of fused-ring (bicyclic) bond motifs is 1. The second-order valence-corrected chi connectivity index (χ2v) is 7.25. The van der Waals surface area contributed by atoms with Crippen molar-refractivity contribution in [3.05, 3.63) is 54.1 Å². The number of benzene rings is 2. The molecule has 2 heterocycles. The van der Waals surface area contributed by atoms with E-state index in [1.807, 2.05) is 48.5 Å². The van der Waals surface area contributed by atoms with Crippen molar-refractivity contribution >= 4 is 40.4 Å². The zero-order chi connectivity index (χ0) is 18.6. The Bertz CT molecular complexity index is 935. The van der Waals surface area contributed by atoms with Crippen LogP contribution in [0.2, 0.25) is 0 Å². The Morgan fingerprint density at radius 1 is 1.19 bits per heavy atom. The van der Waals surface area contributed by atoms with E-state index in [0.717, 1.165) is 35.3 Å². The number of rotatable bonds is 6. The summed E-state index contributed by atoms with van der Waals surface area (Å²) in [5.74, 6) is 0.334. The van der Waals surface area contributed by atoms with E-state index >= 15 is 0 Å². The van der Waals surface area contributed by atoms with Crippen LogP contribution in [0.1, 0.15) is 18.4 Å². The molecule has 6 nitrogen and oxygen atoms in total. The molecule has 1 aliphatic heterocycles. The highest BCUT2D eigenvalue weighted by atomic mass is 32.2. The molecule has 0 spiro atoms. The highest BCUT2D eigenvalue weighted by Crippen LogP contribution is 2.23. The van der Waals surface area contributed by atoms with E-state index in [-0.39, 0.29) is 17.6 Å². The summed E-state index contributed by atoms with van der Waals surface area (Å²) in [7, 11) is 0. The molecule has 1 aromatic heterocycles. The minimum atomic E-state index is -0.0824. The van der Waals surface area contributed by atoms with Crippen LogP contribution in [-0.2, 0) is 16.1 Å². The zero-order valence-electron chi connectivity index (χ0n) is 14.7. The lowest BCUT2D eigenvalue weighted by molar-refractivity contribution is -0.119. The molecule has 4 rings (SSSR count). The SMILES string of the molecule is O=C(CSc1nc2ccccc2o1)NCc1ccc(N2CCCC2=O)cc1. The highest BCUT2D eigenvalue weighted by molar-refractivity contribution is 7.99. The minimum absolute atomic E-state index is 0.0824. The maximum Gasteiger partial charge on any atom is 0.257 e. The van der Waals surface area contributed by atoms with Gasteiger partial charge in [0.1, 0.15) is 5.52 Å². The Morgan fingerprint density at radius 3 is 2.74 bits per heavy atom. The Hall–Kier alpha value is -2.80. The van der Waals surface area contributed by atoms with Crippen LogP contribution in [0.3, 0.4) is 0 Å². The molecule has 138 valence electrons. The molecule has 0 unspecified atom stereocenters. The largest absolute Gasteiger partial charge is 0.431 e. The zero-order valence-corrected chi connectivity index (χ0v) is 15.5. The summed E-state index contributed by atoms with van der Waals surface area (Å²) >= 11 is 1.27. The number of oxazole rings is 1. The average molecular weight is 381 g/mol. The molecular weight excluding hydrogens is 362 g/mol. The third-order valence-corrected chi connectivity index (χ3v) is 5.24. The molecule has 1 saturated heterocycles. The van der Waals surface area contributed by atoms with Crippen molar-refractivity contribution in [2.75, 3.05) is 17.2 Å². The predicted octanol–water partition coefficient (Wildman–Crippen LogP) is 3.36. The number of thioether (sulfide) groups is 1. The Labute approximate surface area is 160 Å². The summed E-state index contributed by atoms with van der Waals surface area (Å²) in [6.07, 6.45) is 1.53. The fourth-order valence-corrected chi connectivity index (χ4v) is 3.67. The predicted molar refractivity (Wildman–Crippen MR) is 105 cm³/mol. The molecule has 0 atom stereocenters. The number of nitrogens with one attached hydrogen (secondary N) is 1.